The standard InChI is InChI=1S/C21H24N8O/c1-21(2)20-25-16-18(28(20)5-6-30-21)26-17(13-9-23-15(3-4-22)24-10-13)27-19(16)29-11-12-7-14(29)8-12/h3-4,9-10,12,14H,5-8,11,22H2,1-2H3. The van der Waals surface area contributed by atoms with Crippen LogP contribution in [0, 0.1) is 5.92 Å². The van der Waals surface area contributed by atoms with Crippen LogP contribution in [-0.4, -0.2) is 48.7 Å². The zero-order valence-electron chi connectivity index (χ0n) is 17.1. The van der Waals surface area contributed by atoms with Gasteiger partial charge in [-0.1, -0.05) is 0 Å². The first-order chi connectivity index (χ1) is 14.5. The zero-order valence-corrected chi connectivity index (χ0v) is 17.1. The van der Waals surface area contributed by atoms with Crippen molar-refractivity contribution in [3.63, 3.8) is 0 Å². The molecule has 1 saturated carbocycles. The number of rotatable bonds is 3. The second-order valence-electron chi connectivity index (χ2n) is 8.82. The number of ether oxygens (including phenoxy) is 1. The van der Waals surface area contributed by atoms with Crippen molar-refractivity contribution in [3.8, 4) is 11.4 Å². The fraction of sp³-hybridized carbons (Fsp3) is 0.476. The van der Waals surface area contributed by atoms with Crippen LogP contribution in [0.4, 0.5) is 5.82 Å². The number of hydrogen-bond donors (Lipinski definition) is 1. The maximum absolute atomic E-state index is 5.99. The molecule has 4 aliphatic rings. The third-order valence-corrected chi connectivity index (χ3v) is 6.45. The summed E-state index contributed by atoms with van der Waals surface area (Å²) in [5.74, 6) is 3.78. The van der Waals surface area contributed by atoms with Crippen molar-refractivity contribution >= 4 is 23.1 Å². The Morgan fingerprint density at radius 3 is 2.67 bits per heavy atom. The van der Waals surface area contributed by atoms with Crippen molar-refractivity contribution in [2.45, 2.75) is 44.9 Å². The first-order valence-electron chi connectivity index (χ1n) is 10.4. The third kappa shape index (κ3) is 2.54. The van der Waals surface area contributed by atoms with Crippen molar-refractivity contribution in [2.24, 2.45) is 11.7 Å². The van der Waals surface area contributed by atoms with Crippen LogP contribution in [0.1, 0.15) is 38.3 Å². The Labute approximate surface area is 174 Å². The average Bonchev–Trinajstić information content (AvgIpc) is 3.40. The molecule has 7 rings (SSSR count). The van der Waals surface area contributed by atoms with Crippen LogP contribution in [-0.2, 0) is 16.9 Å². The van der Waals surface area contributed by atoms with Gasteiger partial charge >= 0.3 is 0 Å². The van der Waals surface area contributed by atoms with Crippen molar-refractivity contribution in [1.29, 1.82) is 0 Å². The highest BCUT2D eigenvalue weighted by Crippen LogP contribution is 2.45. The number of nitrogens with zero attached hydrogens (tertiary/aromatic N) is 7. The minimum absolute atomic E-state index is 0.456. The van der Waals surface area contributed by atoms with Crippen molar-refractivity contribution in [1.82, 2.24) is 29.5 Å². The van der Waals surface area contributed by atoms with Gasteiger partial charge in [-0.25, -0.2) is 24.9 Å². The highest BCUT2D eigenvalue weighted by Gasteiger charge is 2.45. The highest BCUT2D eigenvalue weighted by molar-refractivity contribution is 5.87. The summed E-state index contributed by atoms with van der Waals surface area (Å²) in [6.07, 6.45) is 9.07. The van der Waals surface area contributed by atoms with Crippen LogP contribution in [0.3, 0.4) is 0 Å². The Hall–Kier alpha value is -3.07. The van der Waals surface area contributed by atoms with Crippen LogP contribution >= 0.6 is 0 Å². The van der Waals surface area contributed by atoms with Gasteiger partial charge in [-0.15, -0.1) is 0 Å². The molecule has 3 aliphatic heterocycles. The largest absolute Gasteiger partial charge is 0.404 e. The second kappa shape index (κ2) is 6.21. The molecule has 3 aromatic heterocycles. The molecule has 3 fully saturated rings. The molecule has 3 aromatic rings. The van der Waals surface area contributed by atoms with Gasteiger partial charge in [0.25, 0.3) is 0 Å². The summed E-state index contributed by atoms with van der Waals surface area (Å²) >= 11 is 0. The van der Waals surface area contributed by atoms with E-state index in [1.165, 1.54) is 19.0 Å². The zero-order chi connectivity index (χ0) is 20.5. The third-order valence-electron chi connectivity index (χ3n) is 6.45. The van der Waals surface area contributed by atoms with E-state index >= 15 is 0 Å². The van der Waals surface area contributed by atoms with Gasteiger partial charge in [0.1, 0.15) is 11.4 Å². The molecule has 6 heterocycles. The Balaban J connectivity index is 1.55. The van der Waals surface area contributed by atoms with Crippen molar-refractivity contribution in [2.75, 3.05) is 18.1 Å². The van der Waals surface area contributed by atoms with E-state index in [1.807, 2.05) is 0 Å². The highest BCUT2D eigenvalue weighted by atomic mass is 16.5. The van der Waals surface area contributed by atoms with Gasteiger partial charge in [-0.3, -0.25) is 0 Å². The Bertz CT molecular complexity index is 1160. The molecular formula is C21H24N8O. The predicted molar refractivity (Wildman–Crippen MR) is 112 cm³/mol. The quantitative estimate of drug-likeness (QED) is 0.707. The van der Waals surface area contributed by atoms with Crippen LogP contribution in [0.5, 0.6) is 0 Å². The second-order valence-corrected chi connectivity index (χ2v) is 8.82. The summed E-state index contributed by atoms with van der Waals surface area (Å²) in [5.41, 5.74) is 7.49. The molecule has 0 radical (unpaired) electrons. The van der Waals surface area contributed by atoms with Gasteiger partial charge in [0.15, 0.2) is 28.6 Å². The number of fused-ring (bicyclic) bond motifs is 4. The molecule has 2 saturated heterocycles. The summed E-state index contributed by atoms with van der Waals surface area (Å²) in [5, 5.41) is 0. The van der Waals surface area contributed by atoms with Crippen LogP contribution in [0.2, 0.25) is 0 Å². The first kappa shape index (κ1) is 17.8. The molecule has 30 heavy (non-hydrogen) atoms. The molecular weight excluding hydrogens is 380 g/mol. The van der Waals surface area contributed by atoms with E-state index < -0.39 is 5.60 Å². The van der Waals surface area contributed by atoms with E-state index in [0.29, 0.717) is 24.3 Å². The maximum atomic E-state index is 5.99. The maximum Gasteiger partial charge on any atom is 0.167 e. The first-order valence-corrected chi connectivity index (χ1v) is 10.4. The van der Waals surface area contributed by atoms with Gasteiger partial charge in [0.2, 0.25) is 0 Å². The molecule has 0 spiro atoms. The minimum Gasteiger partial charge on any atom is -0.404 e. The van der Waals surface area contributed by atoms with Gasteiger partial charge in [-0.2, -0.15) is 0 Å². The lowest BCUT2D eigenvalue weighted by Gasteiger charge is -2.30. The molecule has 0 aromatic carbocycles. The van der Waals surface area contributed by atoms with E-state index in [9.17, 15) is 0 Å². The normalized spacial score (nSPS) is 24.4. The number of aromatic nitrogens is 6. The summed E-state index contributed by atoms with van der Waals surface area (Å²) in [7, 11) is 0. The van der Waals surface area contributed by atoms with Crippen molar-refractivity contribution in [3.05, 3.63) is 30.2 Å². The lowest BCUT2D eigenvalue weighted by atomic mass is 9.86. The van der Waals surface area contributed by atoms with Crippen molar-refractivity contribution < 1.29 is 4.74 Å². The molecule has 0 atom stereocenters. The van der Waals surface area contributed by atoms with E-state index in [4.69, 9.17) is 25.4 Å². The molecule has 2 N–H and O–H groups in total. The number of anilines is 1. The molecule has 9 heteroatoms. The average molecular weight is 404 g/mol. The molecule has 1 aliphatic carbocycles. The molecule has 0 unspecified atom stereocenters. The lowest BCUT2D eigenvalue weighted by Crippen LogP contribution is -2.33. The minimum atomic E-state index is -0.456. The van der Waals surface area contributed by atoms with Gasteiger partial charge < -0.3 is 19.9 Å². The number of nitrogens with two attached hydrogens (primary N) is 1. The topological polar surface area (TPSA) is 108 Å². The fourth-order valence-electron chi connectivity index (χ4n) is 4.86. The fourth-order valence-corrected chi connectivity index (χ4v) is 4.86. The van der Waals surface area contributed by atoms with E-state index in [0.717, 1.165) is 47.4 Å². The summed E-state index contributed by atoms with van der Waals surface area (Å²) in [4.78, 5) is 26.0. The summed E-state index contributed by atoms with van der Waals surface area (Å²) in [6.45, 7) is 6.52. The SMILES string of the molecule is CC1(C)OCCn2c1nc1c(N3CC4CC3C4)nc(-c3cnc(C=CN)nc3)nc12. The van der Waals surface area contributed by atoms with Crippen LogP contribution in [0.15, 0.2) is 18.6 Å². The lowest BCUT2D eigenvalue weighted by molar-refractivity contribution is -0.0530. The van der Waals surface area contributed by atoms with Gasteiger partial charge in [-0.05, 0) is 44.9 Å². The smallest absolute Gasteiger partial charge is 0.167 e. The molecule has 2 bridgehead atoms. The van der Waals surface area contributed by atoms with Gasteiger partial charge in [0.05, 0.1) is 12.2 Å². The van der Waals surface area contributed by atoms with Crippen LogP contribution in [0.25, 0.3) is 28.6 Å². The van der Waals surface area contributed by atoms with Gasteiger partial charge in [0, 0.05) is 31.5 Å². The van der Waals surface area contributed by atoms with E-state index in [-0.39, 0.29) is 0 Å². The molecule has 9 nitrogen and oxygen atoms in total. The molecule has 154 valence electrons. The van der Waals surface area contributed by atoms with E-state index in [2.05, 4.69) is 33.3 Å². The molecule has 0 amide bonds. The van der Waals surface area contributed by atoms with Crippen LogP contribution < -0.4 is 10.6 Å². The summed E-state index contributed by atoms with van der Waals surface area (Å²) in [6, 6.07) is 0.553. The van der Waals surface area contributed by atoms with E-state index in [1.54, 1.807) is 18.5 Å². The number of imidazole rings is 1. The summed E-state index contributed by atoms with van der Waals surface area (Å²) < 4.78 is 8.17. The predicted octanol–water partition coefficient (Wildman–Crippen LogP) is 2.08. The Kier molecular flexibility index (Phi) is 3.68. The number of hydrogen-bond acceptors (Lipinski definition) is 8. The Morgan fingerprint density at radius 1 is 1.17 bits per heavy atom. The Morgan fingerprint density at radius 2 is 1.97 bits per heavy atom. The monoisotopic (exact) mass is 404 g/mol.